The third kappa shape index (κ3) is 2.81. The van der Waals surface area contributed by atoms with E-state index in [9.17, 15) is 0 Å². The summed E-state index contributed by atoms with van der Waals surface area (Å²) in [5.74, 6) is 0. The van der Waals surface area contributed by atoms with Crippen molar-refractivity contribution in [3.05, 3.63) is 76.5 Å². The van der Waals surface area contributed by atoms with Crippen LogP contribution in [0.5, 0.6) is 0 Å². The molecule has 132 valence electrons. The van der Waals surface area contributed by atoms with Crippen LogP contribution in [0.2, 0.25) is 0 Å². The van der Waals surface area contributed by atoms with Crippen molar-refractivity contribution in [3.8, 4) is 0 Å². The molecule has 0 bridgehead atoms. The van der Waals surface area contributed by atoms with Gasteiger partial charge in [0.2, 0.25) is 0 Å². The Labute approximate surface area is 158 Å². The molecule has 5 heteroatoms. The van der Waals surface area contributed by atoms with Crippen LogP contribution >= 0.6 is 11.3 Å². The van der Waals surface area contributed by atoms with Gasteiger partial charge in [0.1, 0.15) is 0 Å². The van der Waals surface area contributed by atoms with Gasteiger partial charge in [0.15, 0.2) is 0 Å². The maximum Gasteiger partial charge on any atom is 0.0729 e. The Kier molecular flexibility index (Phi) is 3.98. The van der Waals surface area contributed by atoms with Crippen LogP contribution in [0.25, 0.3) is 0 Å². The third-order valence-corrected chi connectivity index (χ3v) is 6.46. The molecule has 1 spiro atoms. The van der Waals surface area contributed by atoms with Gasteiger partial charge in [-0.15, -0.1) is 11.3 Å². The van der Waals surface area contributed by atoms with E-state index in [2.05, 4.69) is 56.6 Å². The number of fused-ring (bicyclic) bond motifs is 2. The lowest BCUT2D eigenvalue weighted by Gasteiger charge is -2.25. The predicted octanol–water partition coefficient (Wildman–Crippen LogP) is 3.70. The van der Waals surface area contributed by atoms with Gasteiger partial charge < -0.3 is 4.90 Å². The molecule has 5 rings (SSSR count). The van der Waals surface area contributed by atoms with Crippen LogP contribution in [0.15, 0.2) is 60.2 Å². The summed E-state index contributed by atoms with van der Waals surface area (Å²) in [4.78, 5) is 15.9. The van der Waals surface area contributed by atoms with E-state index in [4.69, 9.17) is 4.98 Å². The molecule has 0 amide bonds. The van der Waals surface area contributed by atoms with E-state index in [1.807, 2.05) is 29.8 Å². The minimum Gasteiger partial charge on any atom is -0.363 e. The number of aromatic nitrogens is 2. The molecular weight excluding hydrogens is 340 g/mol. The van der Waals surface area contributed by atoms with Crippen LogP contribution < -0.4 is 4.90 Å². The molecule has 2 aliphatic heterocycles. The summed E-state index contributed by atoms with van der Waals surface area (Å²) >= 11 is 1.85. The predicted molar refractivity (Wildman–Crippen MR) is 105 cm³/mol. The summed E-state index contributed by atoms with van der Waals surface area (Å²) < 4.78 is 0. The zero-order valence-electron chi connectivity index (χ0n) is 14.7. The summed E-state index contributed by atoms with van der Waals surface area (Å²) in [6.07, 6.45) is 5.01. The van der Waals surface area contributed by atoms with Gasteiger partial charge in [0.25, 0.3) is 0 Å². The fourth-order valence-corrected chi connectivity index (χ4v) is 5.20. The molecule has 2 aliphatic rings. The van der Waals surface area contributed by atoms with Crippen molar-refractivity contribution < 1.29 is 0 Å². The van der Waals surface area contributed by atoms with Crippen LogP contribution in [0.1, 0.15) is 22.7 Å². The molecule has 0 saturated carbocycles. The first-order valence-corrected chi connectivity index (χ1v) is 10.1. The second-order valence-corrected chi connectivity index (χ2v) is 8.40. The molecule has 0 radical (unpaired) electrons. The quantitative estimate of drug-likeness (QED) is 0.708. The largest absolute Gasteiger partial charge is 0.363 e. The summed E-state index contributed by atoms with van der Waals surface area (Å²) in [5.41, 5.74) is 3.84. The fraction of sp³-hybridized carbons (Fsp3) is 0.333. The standard InChI is InChI=1S/C21H22N4S/c1-2-9-22-17(5-1)13-25-16-21(20-19(25)7-3-10-23-20)8-11-24(15-21)14-18-6-4-12-26-18/h1-7,9-10,12H,8,11,13-16H2/t21-/m1/s1. The Bertz CT molecular complexity index is 880. The molecule has 0 aliphatic carbocycles. The second kappa shape index (κ2) is 6.49. The maximum atomic E-state index is 4.83. The van der Waals surface area contributed by atoms with Gasteiger partial charge in [-0.3, -0.25) is 14.9 Å². The first kappa shape index (κ1) is 16.0. The van der Waals surface area contributed by atoms with Gasteiger partial charge in [-0.1, -0.05) is 12.1 Å². The number of thiophene rings is 1. The Morgan fingerprint density at radius 1 is 0.962 bits per heavy atom. The van der Waals surface area contributed by atoms with Crippen LogP contribution in [0.4, 0.5) is 5.69 Å². The van der Waals surface area contributed by atoms with Gasteiger partial charge in [-0.2, -0.15) is 0 Å². The highest BCUT2D eigenvalue weighted by atomic mass is 32.1. The van der Waals surface area contributed by atoms with Crippen molar-refractivity contribution in [2.24, 2.45) is 0 Å². The molecule has 4 nitrogen and oxygen atoms in total. The Morgan fingerprint density at radius 3 is 2.77 bits per heavy atom. The van der Waals surface area contributed by atoms with E-state index in [1.165, 1.54) is 22.7 Å². The van der Waals surface area contributed by atoms with Gasteiger partial charge >= 0.3 is 0 Å². The molecule has 1 atom stereocenters. The average molecular weight is 363 g/mol. The molecule has 5 heterocycles. The van der Waals surface area contributed by atoms with Crippen LogP contribution in [0, 0.1) is 0 Å². The molecular formula is C21H22N4S. The molecule has 3 aromatic heterocycles. The molecule has 0 aromatic carbocycles. The highest BCUT2D eigenvalue weighted by Crippen LogP contribution is 2.45. The third-order valence-electron chi connectivity index (χ3n) is 5.59. The minimum atomic E-state index is 0.155. The van der Waals surface area contributed by atoms with Gasteiger partial charge in [0, 0.05) is 42.3 Å². The molecule has 26 heavy (non-hydrogen) atoms. The van der Waals surface area contributed by atoms with Gasteiger partial charge in [-0.25, -0.2) is 0 Å². The van der Waals surface area contributed by atoms with Crippen molar-refractivity contribution in [3.63, 3.8) is 0 Å². The smallest absolute Gasteiger partial charge is 0.0729 e. The number of hydrogen-bond donors (Lipinski definition) is 0. The number of rotatable bonds is 4. The summed E-state index contributed by atoms with van der Waals surface area (Å²) in [7, 11) is 0. The molecule has 0 unspecified atom stereocenters. The summed E-state index contributed by atoms with van der Waals surface area (Å²) in [6, 6.07) is 14.8. The zero-order chi connectivity index (χ0) is 17.4. The average Bonchev–Trinajstić information content (AvgIpc) is 3.39. The molecule has 0 N–H and O–H groups in total. The topological polar surface area (TPSA) is 32.3 Å². The number of pyridine rings is 2. The number of likely N-dealkylation sites (tertiary alicyclic amines) is 1. The molecule has 3 aromatic rings. The van der Waals surface area contributed by atoms with E-state index in [0.29, 0.717) is 0 Å². The fourth-order valence-electron chi connectivity index (χ4n) is 4.45. The van der Waals surface area contributed by atoms with Crippen LogP contribution in [0.3, 0.4) is 0 Å². The van der Waals surface area contributed by atoms with Gasteiger partial charge in [0.05, 0.1) is 23.6 Å². The highest BCUT2D eigenvalue weighted by molar-refractivity contribution is 7.09. The van der Waals surface area contributed by atoms with Crippen molar-refractivity contribution in [1.29, 1.82) is 0 Å². The summed E-state index contributed by atoms with van der Waals surface area (Å²) in [6.45, 7) is 5.18. The lowest BCUT2D eigenvalue weighted by molar-refractivity contribution is 0.307. The van der Waals surface area contributed by atoms with Gasteiger partial charge in [-0.05, 0) is 48.7 Å². The molecule has 1 saturated heterocycles. The van der Waals surface area contributed by atoms with Crippen molar-refractivity contribution in [2.45, 2.75) is 24.9 Å². The number of hydrogen-bond acceptors (Lipinski definition) is 5. The van der Waals surface area contributed by atoms with Crippen LogP contribution in [-0.2, 0) is 18.5 Å². The lowest BCUT2D eigenvalue weighted by atomic mass is 9.85. The Morgan fingerprint density at radius 2 is 1.92 bits per heavy atom. The Balaban J connectivity index is 1.40. The lowest BCUT2D eigenvalue weighted by Crippen LogP contribution is -2.36. The molecule has 1 fully saturated rings. The highest BCUT2D eigenvalue weighted by Gasteiger charge is 2.48. The van der Waals surface area contributed by atoms with Crippen molar-refractivity contribution >= 4 is 17.0 Å². The van der Waals surface area contributed by atoms with E-state index < -0.39 is 0 Å². The first-order valence-electron chi connectivity index (χ1n) is 9.18. The van der Waals surface area contributed by atoms with Crippen molar-refractivity contribution in [1.82, 2.24) is 14.9 Å². The monoisotopic (exact) mass is 362 g/mol. The van der Waals surface area contributed by atoms with Crippen molar-refractivity contribution in [2.75, 3.05) is 24.5 Å². The number of anilines is 1. The van der Waals surface area contributed by atoms with E-state index in [1.54, 1.807) is 0 Å². The number of nitrogens with zero attached hydrogens (tertiary/aromatic N) is 4. The SMILES string of the molecule is c1ccc(CN2C[C@]3(CCN(Cc4cccs4)C3)c3ncccc32)nc1. The minimum absolute atomic E-state index is 0.155. The first-order chi connectivity index (χ1) is 12.8. The van der Waals surface area contributed by atoms with Crippen LogP contribution in [-0.4, -0.2) is 34.5 Å². The Hall–Kier alpha value is -2.24. The second-order valence-electron chi connectivity index (χ2n) is 7.37. The summed E-state index contributed by atoms with van der Waals surface area (Å²) in [5, 5.41) is 2.17. The normalized spacial score (nSPS) is 22.2. The van der Waals surface area contributed by atoms with E-state index in [0.717, 1.165) is 38.4 Å². The maximum absolute atomic E-state index is 4.83. The van der Waals surface area contributed by atoms with E-state index >= 15 is 0 Å². The van der Waals surface area contributed by atoms with E-state index in [-0.39, 0.29) is 5.41 Å². The zero-order valence-corrected chi connectivity index (χ0v) is 15.5.